The van der Waals surface area contributed by atoms with E-state index in [-0.39, 0.29) is 41.2 Å². The van der Waals surface area contributed by atoms with E-state index in [4.69, 9.17) is 18.9 Å². The summed E-state index contributed by atoms with van der Waals surface area (Å²) in [5, 5.41) is 0. The normalized spacial score (nSPS) is 45.6. The molecule has 7 nitrogen and oxygen atoms in total. The largest absolute Gasteiger partial charge is 0.466 e. The number of carbonyl (C=O) groups excluding carboxylic acids is 3. The van der Waals surface area contributed by atoms with Gasteiger partial charge in [-0.1, -0.05) is 6.92 Å². The van der Waals surface area contributed by atoms with Gasteiger partial charge in [-0.3, -0.25) is 14.4 Å². The Bertz CT molecular complexity index is 833. The molecule has 164 valence electrons. The number of epoxide rings is 2. The third-order valence-electron chi connectivity index (χ3n) is 8.49. The molecule has 7 atom stereocenters. The van der Waals surface area contributed by atoms with Crippen molar-refractivity contribution in [2.24, 2.45) is 17.3 Å². The molecule has 2 saturated heterocycles. The summed E-state index contributed by atoms with van der Waals surface area (Å²) >= 11 is 0. The fourth-order valence-corrected chi connectivity index (χ4v) is 7.13. The van der Waals surface area contributed by atoms with Crippen LogP contribution >= 0.6 is 0 Å². The zero-order valence-corrected chi connectivity index (χ0v) is 17.9. The summed E-state index contributed by atoms with van der Waals surface area (Å²) in [6.07, 6.45) is 5.11. The van der Waals surface area contributed by atoms with Crippen LogP contribution < -0.4 is 0 Å². The number of ether oxygens (including phenoxy) is 4. The smallest absolute Gasteiger partial charge is 0.302 e. The number of methoxy groups -OCH3 is 1. The van der Waals surface area contributed by atoms with Crippen LogP contribution in [0.15, 0.2) is 11.1 Å². The Morgan fingerprint density at radius 3 is 2.77 bits per heavy atom. The van der Waals surface area contributed by atoms with Crippen molar-refractivity contribution in [1.29, 1.82) is 0 Å². The number of carbonyl (C=O) groups is 3. The average Bonchev–Trinajstić information content (AvgIpc) is 3.60. The van der Waals surface area contributed by atoms with Crippen molar-refractivity contribution in [2.75, 3.05) is 20.3 Å². The molecule has 0 amide bonds. The minimum absolute atomic E-state index is 0.00769. The van der Waals surface area contributed by atoms with Gasteiger partial charge in [0.2, 0.25) is 0 Å². The number of fused-ring (bicyclic) bond motifs is 1. The van der Waals surface area contributed by atoms with Crippen LogP contribution in [0.25, 0.3) is 0 Å². The maximum Gasteiger partial charge on any atom is 0.302 e. The van der Waals surface area contributed by atoms with Gasteiger partial charge in [0.05, 0.1) is 25.4 Å². The quantitative estimate of drug-likeness (QED) is 0.271. The second-order valence-electron chi connectivity index (χ2n) is 9.77. The lowest BCUT2D eigenvalue weighted by Crippen LogP contribution is -2.65. The molecule has 3 aliphatic carbocycles. The number of rotatable bonds is 7. The molecule has 7 unspecified atom stereocenters. The summed E-state index contributed by atoms with van der Waals surface area (Å²) in [5.74, 6) is -0.112. The summed E-state index contributed by atoms with van der Waals surface area (Å²) in [4.78, 5) is 36.3. The van der Waals surface area contributed by atoms with E-state index in [2.05, 4.69) is 6.92 Å². The van der Waals surface area contributed by atoms with E-state index in [0.717, 1.165) is 30.3 Å². The third kappa shape index (κ3) is 2.40. The fraction of sp³-hybridized carbons (Fsp3) is 0.783. The highest BCUT2D eigenvalue weighted by atomic mass is 16.7. The first-order valence-electron chi connectivity index (χ1n) is 11.0. The molecule has 0 aromatic rings. The van der Waals surface area contributed by atoms with Crippen molar-refractivity contribution in [2.45, 2.75) is 75.8 Å². The van der Waals surface area contributed by atoms with Crippen molar-refractivity contribution in [3.8, 4) is 0 Å². The molecule has 2 aliphatic heterocycles. The van der Waals surface area contributed by atoms with Crippen LogP contribution in [-0.2, 0) is 33.3 Å². The van der Waals surface area contributed by atoms with Gasteiger partial charge >= 0.3 is 5.97 Å². The van der Waals surface area contributed by atoms with E-state index >= 15 is 0 Å². The Kier molecular flexibility index (Phi) is 4.55. The molecule has 5 rings (SSSR count). The Morgan fingerprint density at radius 1 is 1.27 bits per heavy atom. The van der Waals surface area contributed by atoms with Gasteiger partial charge in [-0.05, 0) is 55.6 Å². The number of hydrogen-bond donors (Lipinski definition) is 0. The summed E-state index contributed by atoms with van der Waals surface area (Å²) in [7, 11) is 1.65. The Balaban J connectivity index is 1.41. The van der Waals surface area contributed by atoms with Crippen molar-refractivity contribution in [3.63, 3.8) is 0 Å². The molecule has 0 N–H and O–H groups in total. The fourth-order valence-electron chi connectivity index (χ4n) is 7.13. The average molecular weight is 418 g/mol. The maximum atomic E-state index is 13.6. The van der Waals surface area contributed by atoms with Gasteiger partial charge in [-0.25, -0.2) is 0 Å². The summed E-state index contributed by atoms with van der Waals surface area (Å²) < 4.78 is 23.2. The van der Waals surface area contributed by atoms with Gasteiger partial charge in [0.1, 0.15) is 11.9 Å². The number of ketones is 1. The Labute approximate surface area is 176 Å². The van der Waals surface area contributed by atoms with E-state index in [1.54, 1.807) is 7.11 Å². The maximum absolute atomic E-state index is 13.6. The summed E-state index contributed by atoms with van der Waals surface area (Å²) in [6, 6.07) is 0. The number of aldehydes is 1. The van der Waals surface area contributed by atoms with Gasteiger partial charge in [0, 0.05) is 25.4 Å². The van der Waals surface area contributed by atoms with E-state index in [0.29, 0.717) is 38.9 Å². The lowest BCUT2D eigenvalue weighted by atomic mass is 9.47. The lowest BCUT2D eigenvalue weighted by Gasteiger charge is -2.52. The highest BCUT2D eigenvalue weighted by Gasteiger charge is 2.93. The molecule has 2 spiro atoms. The molecule has 7 heteroatoms. The van der Waals surface area contributed by atoms with E-state index in [1.165, 1.54) is 6.92 Å². The first-order chi connectivity index (χ1) is 14.4. The predicted molar refractivity (Wildman–Crippen MR) is 105 cm³/mol. The second kappa shape index (κ2) is 6.71. The van der Waals surface area contributed by atoms with Crippen LogP contribution in [0.2, 0.25) is 0 Å². The monoisotopic (exact) mass is 418 g/mol. The van der Waals surface area contributed by atoms with Gasteiger partial charge in [-0.15, -0.1) is 0 Å². The summed E-state index contributed by atoms with van der Waals surface area (Å²) in [6.45, 7) is 4.39. The highest BCUT2D eigenvalue weighted by molar-refractivity contribution is 5.97. The van der Waals surface area contributed by atoms with Crippen LogP contribution in [0.5, 0.6) is 0 Å². The molecule has 30 heavy (non-hydrogen) atoms. The molecule has 0 bridgehead atoms. The number of allylic oxidation sites excluding steroid dienone is 1. The minimum Gasteiger partial charge on any atom is -0.466 e. The Morgan fingerprint density at radius 2 is 2.07 bits per heavy atom. The second-order valence-corrected chi connectivity index (χ2v) is 9.77. The van der Waals surface area contributed by atoms with E-state index in [1.807, 2.05) is 0 Å². The number of hydrogen-bond acceptors (Lipinski definition) is 7. The number of Topliss-reactive ketones (excluding diaryl/α,β-unsaturated/α-hetero) is 1. The molecule has 0 aromatic carbocycles. The zero-order valence-electron chi connectivity index (χ0n) is 17.9. The van der Waals surface area contributed by atoms with Crippen LogP contribution in [0, 0.1) is 17.3 Å². The Hall–Kier alpha value is -1.57. The SMILES string of the molecule is COCC1=C(C=O)CCC2(C)C1CC1OC13C(=O)C(CCCOC(C)=O)CC1OC123. The molecule has 5 aliphatic rings. The molecular weight excluding hydrogens is 388 g/mol. The molecule has 0 radical (unpaired) electrons. The molecule has 4 fully saturated rings. The zero-order chi connectivity index (χ0) is 21.3. The van der Waals surface area contributed by atoms with Crippen LogP contribution in [0.3, 0.4) is 0 Å². The molecule has 0 aromatic heterocycles. The molecule has 2 heterocycles. The lowest BCUT2D eigenvalue weighted by molar-refractivity contribution is -0.141. The number of esters is 1. The molecular formula is C23H30O7. The van der Waals surface area contributed by atoms with Crippen molar-refractivity contribution >= 4 is 18.0 Å². The van der Waals surface area contributed by atoms with Crippen molar-refractivity contribution in [1.82, 2.24) is 0 Å². The predicted octanol–water partition coefficient (Wildman–Crippen LogP) is 2.16. The van der Waals surface area contributed by atoms with Crippen LogP contribution in [0.4, 0.5) is 0 Å². The van der Waals surface area contributed by atoms with Crippen LogP contribution in [0.1, 0.15) is 52.4 Å². The van der Waals surface area contributed by atoms with Gasteiger partial charge in [0.15, 0.2) is 11.4 Å². The van der Waals surface area contributed by atoms with E-state index < -0.39 is 11.2 Å². The summed E-state index contributed by atoms with van der Waals surface area (Å²) in [5.41, 5.74) is 0.245. The first kappa shape index (κ1) is 20.3. The van der Waals surface area contributed by atoms with Gasteiger partial charge in [0.25, 0.3) is 0 Å². The first-order valence-corrected chi connectivity index (χ1v) is 11.0. The van der Waals surface area contributed by atoms with Gasteiger partial charge in [-0.2, -0.15) is 0 Å². The minimum atomic E-state index is -0.829. The van der Waals surface area contributed by atoms with Crippen molar-refractivity contribution in [3.05, 3.63) is 11.1 Å². The topological polar surface area (TPSA) is 94.7 Å². The van der Waals surface area contributed by atoms with E-state index in [9.17, 15) is 14.4 Å². The third-order valence-corrected chi connectivity index (χ3v) is 8.49. The highest BCUT2D eigenvalue weighted by Crippen LogP contribution is 2.78. The molecule has 2 saturated carbocycles. The van der Waals surface area contributed by atoms with Crippen molar-refractivity contribution < 1.29 is 33.3 Å². The standard InChI is InChI=1S/C23H30O7/c1-13(25)28-8-4-5-14-9-19-23(30-19)21(2)7-6-15(11-24)16(12-27-3)17(21)10-18-22(23,29-18)20(14)26/h11,14,17-19H,4-10,12H2,1-3H3. The van der Waals surface area contributed by atoms with Crippen LogP contribution in [-0.4, -0.2) is 61.8 Å². The van der Waals surface area contributed by atoms with Gasteiger partial charge < -0.3 is 18.9 Å².